The van der Waals surface area contributed by atoms with Crippen LogP contribution in [0.2, 0.25) is 0 Å². The molecule has 2 aromatic carbocycles. The molecule has 6 nitrogen and oxygen atoms in total. The number of aromatic nitrogens is 1. The number of hydrogen-bond donors (Lipinski definition) is 1. The van der Waals surface area contributed by atoms with E-state index in [1.54, 1.807) is 30.5 Å². The predicted molar refractivity (Wildman–Crippen MR) is 97.0 cm³/mol. The Balaban J connectivity index is 1.56. The third kappa shape index (κ3) is 2.26. The van der Waals surface area contributed by atoms with Gasteiger partial charge in [-0.2, -0.15) is 0 Å². The number of rotatable bonds is 2. The Hall–Kier alpha value is -3.28. The molecular weight excluding hydrogens is 332 g/mol. The van der Waals surface area contributed by atoms with Crippen molar-refractivity contribution in [3.63, 3.8) is 0 Å². The van der Waals surface area contributed by atoms with E-state index in [4.69, 9.17) is 9.47 Å². The van der Waals surface area contributed by atoms with Crippen molar-refractivity contribution >= 4 is 22.5 Å². The number of pyridine rings is 1. The van der Waals surface area contributed by atoms with Crippen LogP contribution < -0.4 is 20.2 Å². The van der Waals surface area contributed by atoms with Crippen molar-refractivity contribution < 1.29 is 14.3 Å². The topological polar surface area (TPSA) is 69.6 Å². The minimum atomic E-state index is -0.421. The van der Waals surface area contributed by atoms with E-state index in [0.29, 0.717) is 22.6 Å². The Bertz CT molecular complexity index is 1120. The highest BCUT2D eigenvalue weighted by atomic mass is 16.7. The van der Waals surface area contributed by atoms with Crippen LogP contribution >= 0.6 is 0 Å². The minimum Gasteiger partial charge on any atom is -0.454 e. The van der Waals surface area contributed by atoms with Gasteiger partial charge in [-0.1, -0.05) is 12.1 Å². The molecule has 0 saturated heterocycles. The number of ether oxygens (including phenoxy) is 2. The van der Waals surface area contributed by atoms with Crippen LogP contribution in [-0.2, 0) is 13.0 Å². The molecule has 5 rings (SSSR count). The van der Waals surface area contributed by atoms with Crippen molar-refractivity contribution in [2.75, 3.05) is 12.1 Å². The van der Waals surface area contributed by atoms with E-state index in [1.807, 2.05) is 16.7 Å². The fourth-order valence-electron chi connectivity index (χ4n) is 3.69. The van der Waals surface area contributed by atoms with Gasteiger partial charge in [0.05, 0.1) is 5.52 Å². The summed E-state index contributed by atoms with van der Waals surface area (Å²) < 4.78 is 12.6. The number of nitrogens with one attached hydrogen (secondary N) is 1. The Labute approximate surface area is 149 Å². The van der Waals surface area contributed by atoms with Gasteiger partial charge in [0.15, 0.2) is 11.5 Å². The van der Waals surface area contributed by atoms with E-state index in [-0.39, 0.29) is 17.8 Å². The van der Waals surface area contributed by atoms with Gasteiger partial charge in [0.25, 0.3) is 5.91 Å². The zero-order valence-electron chi connectivity index (χ0n) is 14.0. The normalized spacial score (nSPS) is 14.5. The first kappa shape index (κ1) is 15.0. The van der Waals surface area contributed by atoms with Gasteiger partial charge in [-0.25, -0.2) is 0 Å². The van der Waals surface area contributed by atoms with Crippen LogP contribution in [-0.4, -0.2) is 17.3 Å². The van der Waals surface area contributed by atoms with Crippen LogP contribution in [0.25, 0.3) is 10.9 Å². The van der Waals surface area contributed by atoms with Gasteiger partial charge in [0.1, 0.15) is 5.56 Å². The molecule has 0 radical (unpaired) electrons. The molecule has 0 atom stereocenters. The molecular formula is C20H16N2O4. The lowest BCUT2D eigenvalue weighted by molar-refractivity contribution is 0.102. The van der Waals surface area contributed by atoms with Gasteiger partial charge < -0.3 is 19.4 Å². The molecule has 2 aliphatic rings. The Morgan fingerprint density at radius 1 is 1.12 bits per heavy atom. The Morgan fingerprint density at radius 3 is 2.92 bits per heavy atom. The summed E-state index contributed by atoms with van der Waals surface area (Å²) in [4.78, 5) is 25.6. The molecule has 0 saturated carbocycles. The lowest BCUT2D eigenvalue weighted by Crippen LogP contribution is -2.25. The van der Waals surface area contributed by atoms with Crippen LogP contribution in [0, 0.1) is 0 Å². The Morgan fingerprint density at radius 2 is 2.00 bits per heavy atom. The SMILES string of the molecule is O=C(Nc1ccc2c(c1)OCO2)c1cn2c3c(cccc3c1=O)CCC2. The van der Waals surface area contributed by atoms with Gasteiger partial charge in [-0.3, -0.25) is 9.59 Å². The van der Waals surface area contributed by atoms with E-state index in [9.17, 15) is 9.59 Å². The standard InChI is InChI=1S/C20H16N2O4/c23-19-14-5-1-3-12-4-2-8-22(18(12)14)10-15(19)20(24)21-13-6-7-16-17(9-13)26-11-25-16/h1,3,5-7,9-10H,2,4,8,11H2,(H,21,24). The summed E-state index contributed by atoms with van der Waals surface area (Å²) >= 11 is 0. The third-order valence-electron chi connectivity index (χ3n) is 4.90. The molecule has 0 unspecified atom stereocenters. The van der Waals surface area contributed by atoms with Crippen LogP contribution in [0.15, 0.2) is 47.4 Å². The summed E-state index contributed by atoms with van der Waals surface area (Å²) in [7, 11) is 0. The highest BCUT2D eigenvalue weighted by Gasteiger charge is 2.20. The molecule has 26 heavy (non-hydrogen) atoms. The van der Waals surface area contributed by atoms with Crippen molar-refractivity contribution in [2.45, 2.75) is 19.4 Å². The quantitative estimate of drug-likeness (QED) is 0.773. The molecule has 6 heteroatoms. The van der Waals surface area contributed by atoms with Crippen LogP contribution in [0.1, 0.15) is 22.3 Å². The number of anilines is 1. The Kier molecular flexibility index (Phi) is 3.25. The first-order valence-corrected chi connectivity index (χ1v) is 8.57. The van der Waals surface area contributed by atoms with Crippen molar-refractivity contribution in [2.24, 2.45) is 0 Å². The van der Waals surface area contributed by atoms with Crippen LogP contribution in [0.3, 0.4) is 0 Å². The van der Waals surface area contributed by atoms with Crippen molar-refractivity contribution in [3.8, 4) is 11.5 Å². The molecule has 1 N–H and O–H groups in total. The lowest BCUT2D eigenvalue weighted by Gasteiger charge is -2.20. The number of hydrogen-bond acceptors (Lipinski definition) is 4. The van der Waals surface area contributed by atoms with Gasteiger partial charge >= 0.3 is 0 Å². The summed E-state index contributed by atoms with van der Waals surface area (Å²) in [6, 6.07) is 10.9. The summed E-state index contributed by atoms with van der Waals surface area (Å²) in [6.07, 6.45) is 3.63. The maximum atomic E-state index is 12.9. The fourth-order valence-corrected chi connectivity index (χ4v) is 3.69. The fraction of sp³-hybridized carbons (Fsp3) is 0.200. The maximum Gasteiger partial charge on any atom is 0.261 e. The first-order valence-electron chi connectivity index (χ1n) is 8.57. The monoisotopic (exact) mass is 348 g/mol. The number of nitrogens with zero attached hydrogens (tertiary/aromatic N) is 1. The average molecular weight is 348 g/mol. The van der Waals surface area contributed by atoms with E-state index in [1.165, 1.54) is 0 Å². The molecule has 3 aromatic rings. The second kappa shape index (κ2) is 5.62. The summed E-state index contributed by atoms with van der Waals surface area (Å²) in [5, 5.41) is 3.39. The first-order chi connectivity index (χ1) is 12.7. The molecule has 1 amide bonds. The number of carbonyl (C=O) groups excluding carboxylic acids is 1. The second-order valence-corrected chi connectivity index (χ2v) is 6.50. The van der Waals surface area contributed by atoms with Gasteiger partial charge in [-0.15, -0.1) is 0 Å². The number of amides is 1. The molecule has 0 aliphatic carbocycles. The lowest BCUT2D eigenvalue weighted by atomic mass is 9.99. The smallest absolute Gasteiger partial charge is 0.261 e. The van der Waals surface area contributed by atoms with Gasteiger partial charge in [-0.05, 0) is 36.6 Å². The van der Waals surface area contributed by atoms with Gasteiger partial charge in [0, 0.05) is 29.9 Å². The summed E-state index contributed by atoms with van der Waals surface area (Å²) in [5.74, 6) is 0.805. The van der Waals surface area contributed by atoms with Crippen molar-refractivity contribution in [1.29, 1.82) is 0 Å². The average Bonchev–Trinajstić information content (AvgIpc) is 3.12. The van der Waals surface area contributed by atoms with E-state index < -0.39 is 5.91 Å². The maximum absolute atomic E-state index is 12.9. The third-order valence-corrected chi connectivity index (χ3v) is 4.90. The highest BCUT2D eigenvalue weighted by molar-refractivity contribution is 6.06. The second-order valence-electron chi connectivity index (χ2n) is 6.50. The van der Waals surface area contributed by atoms with E-state index in [2.05, 4.69) is 5.32 Å². The minimum absolute atomic E-state index is 0.147. The number of fused-ring (bicyclic) bond motifs is 1. The highest BCUT2D eigenvalue weighted by Crippen LogP contribution is 2.34. The zero-order valence-corrected chi connectivity index (χ0v) is 14.0. The molecule has 0 fully saturated rings. The number of benzene rings is 2. The molecule has 130 valence electrons. The summed E-state index contributed by atoms with van der Waals surface area (Å²) in [5.41, 5.74) is 2.58. The van der Waals surface area contributed by atoms with Crippen molar-refractivity contribution in [1.82, 2.24) is 4.57 Å². The zero-order chi connectivity index (χ0) is 17.7. The van der Waals surface area contributed by atoms with E-state index in [0.717, 1.165) is 30.5 Å². The van der Waals surface area contributed by atoms with Crippen LogP contribution in [0.4, 0.5) is 5.69 Å². The molecule has 0 spiro atoms. The van der Waals surface area contributed by atoms with Crippen molar-refractivity contribution in [3.05, 3.63) is 63.9 Å². The van der Waals surface area contributed by atoms with E-state index >= 15 is 0 Å². The predicted octanol–water partition coefficient (Wildman–Crippen LogP) is 2.93. The number of para-hydroxylation sites is 1. The molecule has 1 aromatic heterocycles. The molecule has 2 aliphatic heterocycles. The summed E-state index contributed by atoms with van der Waals surface area (Å²) in [6.45, 7) is 0.975. The molecule has 3 heterocycles. The van der Waals surface area contributed by atoms with Crippen LogP contribution in [0.5, 0.6) is 11.5 Å². The largest absolute Gasteiger partial charge is 0.454 e. The van der Waals surface area contributed by atoms with Gasteiger partial charge in [0.2, 0.25) is 12.2 Å². The number of aryl methyl sites for hydroxylation is 2. The molecule has 0 bridgehead atoms. The number of carbonyl (C=O) groups is 1.